The largest absolute Gasteiger partial charge is 0.391 e. The van der Waals surface area contributed by atoms with Gasteiger partial charge in [0.2, 0.25) is 0 Å². The first-order valence-electron chi connectivity index (χ1n) is 3.73. The minimum Gasteiger partial charge on any atom is -0.391 e. The fraction of sp³-hybridized carbons (Fsp3) is 0.375. The van der Waals surface area contributed by atoms with Crippen LogP contribution < -0.4 is 0 Å². The van der Waals surface area contributed by atoms with Crippen LogP contribution in [-0.2, 0) is 12.5 Å². The smallest absolute Gasteiger partial charge is 0.268 e. The first-order chi connectivity index (χ1) is 6.61. The summed E-state index contributed by atoms with van der Waals surface area (Å²) < 4.78 is 37.6. The maximum Gasteiger partial charge on any atom is 0.268 e. The molecule has 1 aromatic heterocycles. The molecule has 0 saturated heterocycles. The molecule has 0 saturated carbocycles. The molecule has 2 nitrogen and oxygen atoms in total. The van der Waals surface area contributed by atoms with E-state index in [0.717, 1.165) is 6.20 Å². The van der Waals surface area contributed by atoms with E-state index in [1.54, 1.807) is 0 Å². The van der Waals surface area contributed by atoms with E-state index >= 15 is 0 Å². The van der Waals surface area contributed by atoms with Gasteiger partial charge in [0, 0.05) is 11.8 Å². The third-order valence-electron chi connectivity index (χ3n) is 1.75. The van der Waals surface area contributed by atoms with Gasteiger partial charge >= 0.3 is 0 Å². The summed E-state index contributed by atoms with van der Waals surface area (Å²) in [4.78, 5) is 3.54. The first-order valence-corrected chi connectivity index (χ1v) is 4.26. The predicted molar refractivity (Wildman–Crippen MR) is 44.6 cm³/mol. The summed E-state index contributed by atoms with van der Waals surface area (Å²) >= 11 is 5.39. The Morgan fingerprint density at radius 2 is 2.14 bits per heavy atom. The number of aromatic nitrogens is 1. The maximum absolute atomic E-state index is 13.2. The fourth-order valence-electron chi connectivity index (χ4n) is 1.01. The average molecular weight is 226 g/mol. The molecule has 0 unspecified atom stereocenters. The van der Waals surface area contributed by atoms with Gasteiger partial charge in [-0.05, 0) is 0 Å². The molecule has 1 heterocycles. The Kier molecular flexibility index (Phi) is 3.71. The molecule has 0 amide bonds. The summed E-state index contributed by atoms with van der Waals surface area (Å²) in [7, 11) is 0. The number of hydrogen-bond acceptors (Lipinski definition) is 2. The number of halogens is 4. The van der Waals surface area contributed by atoms with Crippen molar-refractivity contribution in [3.05, 3.63) is 28.8 Å². The average Bonchev–Trinajstić information content (AvgIpc) is 2.16. The molecule has 1 N–H and O–H groups in total. The fourth-order valence-corrected chi connectivity index (χ4v) is 1.24. The second-order valence-corrected chi connectivity index (χ2v) is 2.81. The van der Waals surface area contributed by atoms with Gasteiger partial charge in [-0.1, -0.05) is 0 Å². The molecule has 14 heavy (non-hydrogen) atoms. The van der Waals surface area contributed by atoms with Crippen LogP contribution in [0.2, 0.25) is 0 Å². The van der Waals surface area contributed by atoms with Gasteiger partial charge in [-0.25, -0.2) is 13.2 Å². The number of aliphatic hydroxyl groups excluding tert-OH is 1. The van der Waals surface area contributed by atoms with E-state index in [-0.39, 0.29) is 17.1 Å². The van der Waals surface area contributed by atoms with Crippen LogP contribution in [0.25, 0.3) is 0 Å². The Hall–Kier alpha value is -0.810. The van der Waals surface area contributed by atoms with E-state index < -0.39 is 24.4 Å². The number of pyridine rings is 1. The summed E-state index contributed by atoms with van der Waals surface area (Å²) in [6, 6.07) is 0. The van der Waals surface area contributed by atoms with Crippen LogP contribution in [0.5, 0.6) is 0 Å². The van der Waals surface area contributed by atoms with Crippen molar-refractivity contribution in [2.45, 2.75) is 18.9 Å². The van der Waals surface area contributed by atoms with Crippen molar-refractivity contribution in [3.8, 4) is 0 Å². The molecule has 78 valence electrons. The molecule has 0 aromatic carbocycles. The normalized spacial score (nSPS) is 11.0. The summed E-state index contributed by atoms with van der Waals surface area (Å²) in [6.45, 7) is -0.693. The van der Waals surface area contributed by atoms with Crippen molar-refractivity contribution in [2.75, 3.05) is 0 Å². The van der Waals surface area contributed by atoms with E-state index in [9.17, 15) is 13.2 Å². The Bertz CT molecular complexity index is 333. The van der Waals surface area contributed by atoms with Crippen LogP contribution in [0.4, 0.5) is 13.2 Å². The van der Waals surface area contributed by atoms with Gasteiger partial charge in [0.05, 0.1) is 23.7 Å². The zero-order valence-electron chi connectivity index (χ0n) is 6.98. The molecule has 0 aliphatic carbocycles. The molecule has 0 aliphatic heterocycles. The maximum atomic E-state index is 13.2. The highest BCUT2D eigenvalue weighted by Gasteiger charge is 2.19. The van der Waals surface area contributed by atoms with Gasteiger partial charge in [-0.2, -0.15) is 0 Å². The van der Waals surface area contributed by atoms with Crippen molar-refractivity contribution in [1.29, 1.82) is 0 Å². The Labute approximate surface area is 83.3 Å². The van der Waals surface area contributed by atoms with Gasteiger partial charge in [-0.15, -0.1) is 11.6 Å². The quantitative estimate of drug-likeness (QED) is 0.802. The van der Waals surface area contributed by atoms with Crippen LogP contribution in [-0.4, -0.2) is 10.1 Å². The van der Waals surface area contributed by atoms with Crippen LogP contribution in [0.1, 0.15) is 23.2 Å². The van der Waals surface area contributed by atoms with Crippen molar-refractivity contribution in [1.82, 2.24) is 4.98 Å². The molecule has 1 aromatic rings. The second kappa shape index (κ2) is 4.61. The zero-order valence-corrected chi connectivity index (χ0v) is 7.73. The molecule has 0 atom stereocenters. The lowest BCUT2D eigenvalue weighted by atomic mass is 10.1. The van der Waals surface area contributed by atoms with Gasteiger partial charge in [0.25, 0.3) is 6.43 Å². The summed E-state index contributed by atoms with van der Waals surface area (Å²) in [5.74, 6) is -1.26. The SMILES string of the molecule is OCc1c(CCl)ncc(C(F)F)c1F. The lowest BCUT2D eigenvalue weighted by Crippen LogP contribution is -2.04. The topological polar surface area (TPSA) is 33.1 Å². The molecular formula is C8H7ClF3NO. The number of hydrogen-bond donors (Lipinski definition) is 1. The number of aliphatic hydroxyl groups is 1. The standard InChI is InChI=1S/C8H7ClF3NO/c9-1-6-5(3-14)7(10)4(2-13-6)8(11)12/h2,8,14H,1,3H2. The van der Waals surface area contributed by atoms with Crippen molar-refractivity contribution in [3.63, 3.8) is 0 Å². The highest BCUT2D eigenvalue weighted by molar-refractivity contribution is 6.17. The third kappa shape index (κ3) is 1.99. The Morgan fingerprint density at radius 1 is 1.50 bits per heavy atom. The molecule has 0 bridgehead atoms. The van der Waals surface area contributed by atoms with Crippen molar-refractivity contribution in [2.24, 2.45) is 0 Å². The van der Waals surface area contributed by atoms with Gasteiger partial charge in [0.15, 0.2) is 0 Å². The monoisotopic (exact) mass is 225 g/mol. The zero-order chi connectivity index (χ0) is 10.7. The molecule has 0 radical (unpaired) electrons. The third-order valence-corrected chi connectivity index (χ3v) is 2.00. The molecule has 0 aliphatic rings. The van der Waals surface area contributed by atoms with E-state index in [2.05, 4.69) is 4.98 Å². The summed E-state index contributed by atoms with van der Waals surface area (Å²) in [5, 5.41) is 8.75. The van der Waals surface area contributed by atoms with E-state index in [1.807, 2.05) is 0 Å². The molecule has 1 rings (SSSR count). The summed E-state index contributed by atoms with van der Waals surface area (Å²) in [6.07, 6.45) is -2.21. The second-order valence-electron chi connectivity index (χ2n) is 2.55. The lowest BCUT2D eigenvalue weighted by molar-refractivity contribution is 0.144. The van der Waals surface area contributed by atoms with E-state index in [1.165, 1.54) is 0 Å². The summed E-state index contributed by atoms with van der Waals surface area (Å²) in [5.41, 5.74) is -1.00. The molecule has 0 spiro atoms. The number of rotatable bonds is 3. The minimum absolute atomic E-state index is 0.0797. The van der Waals surface area contributed by atoms with E-state index in [4.69, 9.17) is 16.7 Å². The van der Waals surface area contributed by atoms with Crippen molar-refractivity contribution < 1.29 is 18.3 Å². The predicted octanol–water partition coefficient (Wildman–Crippen LogP) is 2.39. The van der Waals surface area contributed by atoms with Crippen LogP contribution in [0.15, 0.2) is 6.20 Å². The Morgan fingerprint density at radius 3 is 2.57 bits per heavy atom. The van der Waals surface area contributed by atoms with Crippen LogP contribution in [0.3, 0.4) is 0 Å². The number of alkyl halides is 3. The first kappa shape index (κ1) is 11.3. The van der Waals surface area contributed by atoms with Crippen molar-refractivity contribution >= 4 is 11.6 Å². The molecular weight excluding hydrogens is 219 g/mol. The van der Waals surface area contributed by atoms with E-state index in [0.29, 0.717) is 0 Å². The number of nitrogens with zero attached hydrogens (tertiary/aromatic N) is 1. The van der Waals surface area contributed by atoms with Gasteiger partial charge < -0.3 is 5.11 Å². The van der Waals surface area contributed by atoms with Crippen LogP contribution in [0, 0.1) is 5.82 Å². The highest BCUT2D eigenvalue weighted by atomic mass is 35.5. The lowest BCUT2D eigenvalue weighted by Gasteiger charge is -2.08. The Balaban J connectivity index is 3.27. The highest BCUT2D eigenvalue weighted by Crippen LogP contribution is 2.25. The van der Waals surface area contributed by atoms with Crippen LogP contribution >= 0.6 is 11.6 Å². The minimum atomic E-state index is -2.95. The van der Waals surface area contributed by atoms with Gasteiger partial charge in [-0.3, -0.25) is 4.98 Å². The molecule has 0 fully saturated rings. The molecule has 6 heteroatoms. The van der Waals surface area contributed by atoms with Gasteiger partial charge in [0.1, 0.15) is 5.82 Å².